The summed E-state index contributed by atoms with van der Waals surface area (Å²) in [7, 11) is 0. The van der Waals surface area contributed by atoms with Gasteiger partial charge in [-0.05, 0) is 23.6 Å². The van der Waals surface area contributed by atoms with Crippen LogP contribution in [0.5, 0.6) is 0 Å². The topological polar surface area (TPSA) is 33.1 Å². The predicted octanol–water partition coefficient (Wildman–Crippen LogP) is 2.96. The fourth-order valence-electron chi connectivity index (χ4n) is 1.24. The van der Waals surface area contributed by atoms with Crippen LogP contribution in [0.15, 0.2) is 29.8 Å². The molecule has 0 aliphatic rings. The van der Waals surface area contributed by atoms with Gasteiger partial charge >= 0.3 is 0 Å². The Kier molecular flexibility index (Phi) is 2.82. The van der Waals surface area contributed by atoms with E-state index in [2.05, 4.69) is 4.98 Å². The van der Waals surface area contributed by atoms with Gasteiger partial charge < -0.3 is 5.11 Å². The fourth-order valence-corrected chi connectivity index (χ4v) is 2.15. The predicted molar refractivity (Wildman–Crippen MR) is 58.5 cm³/mol. The number of pyridine rings is 1. The van der Waals surface area contributed by atoms with Crippen LogP contribution < -0.4 is 0 Å². The highest BCUT2D eigenvalue weighted by molar-refractivity contribution is 7.10. The standard InChI is InChI=1S/C10H8ClNOS/c11-7-1-3-12-9(5-7)8-2-4-14-10(8)6-13/h1-5,13H,6H2. The Morgan fingerprint density at radius 3 is 3.00 bits per heavy atom. The van der Waals surface area contributed by atoms with E-state index in [9.17, 15) is 0 Å². The van der Waals surface area contributed by atoms with Crippen molar-refractivity contribution >= 4 is 22.9 Å². The van der Waals surface area contributed by atoms with Gasteiger partial charge in [0.25, 0.3) is 0 Å². The van der Waals surface area contributed by atoms with E-state index in [1.54, 1.807) is 18.3 Å². The SMILES string of the molecule is OCc1sccc1-c1cc(Cl)ccn1. The lowest BCUT2D eigenvalue weighted by Gasteiger charge is -2.00. The maximum absolute atomic E-state index is 9.09. The number of rotatable bonds is 2. The molecule has 0 spiro atoms. The van der Waals surface area contributed by atoms with Crippen LogP contribution in [0.4, 0.5) is 0 Å². The van der Waals surface area contributed by atoms with Crippen molar-refractivity contribution in [3.8, 4) is 11.3 Å². The molecule has 2 aromatic rings. The summed E-state index contributed by atoms with van der Waals surface area (Å²) in [6.45, 7) is 0.0429. The highest BCUT2D eigenvalue weighted by atomic mass is 35.5. The Bertz CT molecular complexity index is 441. The van der Waals surface area contributed by atoms with Gasteiger partial charge in [-0.1, -0.05) is 11.6 Å². The number of thiophene rings is 1. The summed E-state index contributed by atoms with van der Waals surface area (Å²) in [5, 5.41) is 11.7. The van der Waals surface area contributed by atoms with E-state index >= 15 is 0 Å². The molecule has 2 nitrogen and oxygen atoms in total. The van der Waals surface area contributed by atoms with E-state index < -0.39 is 0 Å². The van der Waals surface area contributed by atoms with Crippen molar-refractivity contribution in [2.45, 2.75) is 6.61 Å². The minimum absolute atomic E-state index is 0.0429. The van der Waals surface area contributed by atoms with Crippen molar-refractivity contribution in [1.82, 2.24) is 4.98 Å². The molecule has 4 heteroatoms. The molecule has 0 atom stereocenters. The van der Waals surface area contributed by atoms with Gasteiger partial charge in [0.15, 0.2) is 0 Å². The molecule has 2 aromatic heterocycles. The minimum atomic E-state index is 0.0429. The molecule has 0 bridgehead atoms. The first-order valence-corrected chi connectivity index (χ1v) is 5.36. The molecule has 0 saturated heterocycles. The van der Waals surface area contributed by atoms with Gasteiger partial charge in [-0.3, -0.25) is 4.98 Å². The normalized spacial score (nSPS) is 10.4. The molecule has 0 fully saturated rings. The van der Waals surface area contributed by atoms with Crippen LogP contribution in [-0.2, 0) is 6.61 Å². The molecule has 1 N–H and O–H groups in total. The molecule has 0 unspecified atom stereocenters. The molecule has 14 heavy (non-hydrogen) atoms. The first-order chi connectivity index (χ1) is 6.81. The summed E-state index contributed by atoms with van der Waals surface area (Å²) in [6, 6.07) is 5.47. The van der Waals surface area contributed by atoms with Gasteiger partial charge in [-0.2, -0.15) is 0 Å². The van der Waals surface area contributed by atoms with Gasteiger partial charge in [-0.25, -0.2) is 0 Å². The molecule has 0 aliphatic carbocycles. The van der Waals surface area contributed by atoms with Gasteiger partial charge in [0.05, 0.1) is 12.3 Å². The number of halogens is 1. The van der Waals surface area contributed by atoms with Crippen molar-refractivity contribution in [1.29, 1.82) is 0 Å². The van der Waals surface area contributed by atoms with Crippen molar-refractivity contribution < 1.29 is 5.11 Å². The molecule has 0 aromatic carbocycles. The van der Waals surface area contributed by atoms with Crippen LogP contribution in [0.25, 0.3) is 11.3 Å². The summed E-state index contributed by atoms with van der Waals surface area (Å²) in [6.07, 6.45) is 1.66. The first kappa shape index (κ1) is 9.65. The van der Waals surface area contributed by atoms with Crippen LogP contribution in [0.2, 0.25) is 5.02 Å². The van der Waals surface area contributed by atoms with Crippen LogP contribution in [0.1, 0.15) is 4.88 Å². The number of hydrogen-bond donors (Lipinski definition) is 1. The number of aliphatic hydroxyl groups is 1. The van der Waals surface area contributed by atoms with Crippen LogP contribution in [-0.4, -0.2) is 10.1 Å². The van der Waals surface area contributed by atoms with Crippen molar-refractivity contribution in [2.24, 2.45) is 0 Å². The summed E-state index contributed by atoms with van der Waals surface area (Å²) in [5.74, 6) is 0. The van der Waals surface area contributed by atoms with E-state index in [-0.39, 0.29) is 6.61 Å². The third-order valence-corrected chi connectivity index (χ3v) is 3.03. The Balaban J connectivity index is 2.49. The zero-order chi connectivity index (χ0) is 9.97. The number of aliphatic hydroxyl groups excluding tert-OH is 1. The van der Waals surface area contributed by atoms with Crippen LogP contribution in [0.3, 0.4) is 0 Å². The maximum atomic E-state index is 9.09. The second-order valence-electron chi connectivity index (χ2n) is 2.77. The highest BCUT2D eigenvalue weighted by Crippen LogP contribution is 2.27. The summed E-state index contributed by atoms with van der Waals surface area (Å²) < 4.78 is 0. The summed E-state index contributed by atoms with van der Waals surface area (Å²) in [5.41, 5.74) is 1.77. The first-order valence-electron chi connectivity index (χ1n) is 4.10. The maximum Gasteiger partial charge on any atom is 0.0781 e. The van der Waals surface area contributed by atoms with E-state index in [1.807, 2.05) is 11.4 Å². The minimum Gasteiger partial charge on any atom is -0.391 e. The Hall–Kier alpha value is -0.900. The second-order valence-corrected chi connectivity index (χ2v) is 4.21. The lowest BCUT2D eigenvalue weighted by molar-refractivity contribution is 0.286. The van der Waals surface area contributed by atoms with Crippen LogP contribution >= 0.6 is 22.9 Å². The van der Waals surface area contributed by atoms with Crippen molar-refractivity contribution in [3.63, 3.8) is 0 Å². The zero-order valence-corrected chi connectivity index (χ0v) is 8.85. The highest BCUT2D eigenvalue weighted by Gasteiger charge is 2.06. The second kappa shape index (κ2) is 4.09. The Morgan fingerprint density at radius 1 is 1.43 bits per heavy atom. The average Bonchev–Trinajstić information content (AvgIpc) is 2.65. The van der Waals surface area contributed by atoms with Crippen molar-refractivity contribution in [2.75, 3.05) is 0 Å². The average molecular weight is 226 g/mol. The fraction of sp³-hybridized carbons (Fsp3) is 0.100. The molecule has 0 radical (unpaired) electrons. The molecular formula is C10H8ClNOS. The molecule has 0 aliphatic heterocycles. The lowest BCUT2D eigenvalue weighted by atomic mass is 10.2. The monoisotopic (exact) mass is 225 g/mol. The molecule has 72 valence electrons. The summed E-state index contributed by atoms with van der Waals surface area (Å²) >= 11 is 7.38. The zero-order valence-electron chi connectivity index (χ0n) is 7.27. The Labute approximate surface area is 90.8 Å². The molecule has 2 heterocycles. The number of nitrogens with zero attached hydrogens (tertiary/aromatic N) is 1. The number of hydrogen-bond acceptors (Lipinski definition) is 3. The quantitative estimate of drug-likeness (QED) is 0.853. The number of aromatic nitrogens is 1. The van der Waals surface area contributed by atoms with Crippen molar-refractivity contribution in [3.05, 3.63) is 39.7 Å². The van der Waals surface area contributed by atoms with Crippen LogP contribution in [0, 0.1) is 0 Å². The summed E-state index contributed by atoms with van der Waals surface area (Å²) in [4.78, 5) is 5.12. The van der Waals surface area contributed by atoms with Gasteiger partial charge in [-0.15, -0.1) is 11.3 Å². The van der Waals surface area contributed by atoms with Gasteiger partial charge in [0, 0.05) is 21.7 Å². The molecular weight excluding hydrogens is 218 g/mol. The molecule has 0 amide bonds. The lowest BCUT2D eigenvalue weighted by Crippen LogP contribution is -1.85. The largest absolute Gasteiger partial charge is 0.391 e. The molecule has 0 saturated carbocycles. The van der Waals surface area contributed by atoms with E-state index in [1.165, 1.54) is 11.3 Å². The smallest absolute Gasteiger partial charge is 0.0781 e. The molecule has 2 rings (SSSR count). The van der Waals surface area contributed by atoms with E-state index in [4.69, 9.17) is 16.7 Å². The van der Waals surface area contributed by atoms with E-state index in [0.717, 1.165) is 16.1 Å². The van der Waals surface area contributed by atoms with Gasteiger partial charge in [0.1, 0.15) is 0 Å². The van der Waals surface area contributed by atoms with E-state index in [0.29, 0.717) is 5.02 Å². The third kappa shape index (κ3) is 1.80. The van der Waals surface area contributed by atoms with Gasteiger partial charge in [0.2, 0.25) is 0 Å². The third-order valence-electron chi connectivity index (χ3n) is 1.89. The Morgan fingerprint density at radius 2 is 2.29 bits per heavy atom.